The quantitative estimate of drug-likeness (QED) is 0.0298. The lowest BCUT2D eigenvalue weighted by Crippen LogP contribution is -2.25. The van der Waals surface area contributed by atoms with Crippen LogP contribution < -0.4 is 0 Å². The van der Waals surface area contributed by atoms with Crippen LogP contribution in [0.1, 0.15) is 201 Å². The van der Waals surface area contributed by atoms with E-state index in [-0.39, 0.29) is 37.4 Å². The van der Waals surface area contributed by atoms with E-state index in [1.165, 1.54) is 116 Å². The molecule has 0 bridgehead atoms. The van der Waals surface area contributed by atoms with Gasteiger partial charge in [0.1, 0.15) is 19.3 Å². The zero-order chi connectivity index (χ0) is 37.0. The average Bonchev–Trinajstić information content (AvgIpc) is 3.87. The summed E-state index contributed by atoms with van der Waals surface area (Å²) in [5.41, 5.74) is 0. The molecule has 6 heteroatoms. The molecule has 1 heterocycles. The standard InChI is InChI=1S/C45H80O6/c1-4-5-6-7-8-9-10-18-21-24-27-30-34-42-43(51-42)35-32-37-45(48)50-39-41(46)38-49-44(47)36-31-28-25-22-19-16-14-12-11-13-15-17-20-23-26-29-33-40(2)3/h8-9,18,21,27,30,40-43,46H,4-7,10-17,19-20,22-26,28-29,31-39H2,1-3H3/b9-8-,21-18-,30-27-/t41-,42?,43?/m1/s1. The van der Waals surface area contributed by atoms with Crippen LogP contribution in [0, 0.1) is 5.92 Å². The minimum absolute atomic E-state index is 0.137. The number of aliphatic hydroxyl groups excluding tert-OH is 1. The summed E-state index contributed by atoms with van der Waals surface area (Å²) < 4.78 is 16.1. The fraction of sp³-hybridized carbons (Fsp3) is 0.822. The summed E-state index contributed by atoms with van der Waals surface area (Å²) in [6.07, 6.45) is 45.1. The van der Waals surface area contributed by atoms with E-state index in [1.807, 2.05) is 0 Å². The van der Waals surface area contributed by atoms with Crippen LogP contribution in [0.15, 0.2) is 36.5 Å². The van der Waals surface area contributed by atoms with Gasteiger partial charge in [-0.1, -0.05) is 173 Å². The Morgan fingerprint density at radius 2 is 1.06 bits per heavy atom. The fourth-order valence-corrected chi connectivity index (χ4v) is 6.36. The van der Waals surface area contributed by atoms with Gasteiger partial charge in [0, 0.05) is 12.8 Å². The highest BCUT2D eigenvalue weighted by Crippen LogP contribution is 2.30. The van der Waals surface area contributed by atoms with Crippen molar-refractivity contribution in [2.75, 3.05) is 13.2 Å². The summed E-state index contributed by atoms with van der Waals surface area (Å²) in [4.78, 5) is 24.1. The first-order valence-corrected chi connectivity index (χ1v) is 21.5. The van der Waals surface area contributed by atoms with E-state index < -0.39 is 6.10 Å². The monoisotopic (exact) mass is 717 g/mol. The average molecular weight is 717 g/mol. The van der Waals surface area contributed by atoms with E-state index in [0.717, 1.165) is 50.9 Å². The second kappa shape index (κ2) is 35.1. The van der Waals surface area contributed by atoms with Crippen LogP contribution in [-0.4, -0.2) is 48.6 Å². The van der Waals surface area contributed by atoms with E-state index in [2.05, 4.69) is 57.2 Å². The second-order valence-electron chi connectivity index (χ2n) is 15.3. The molecule has 1 rings (SSSR count). The van der Waals surface area contributed by atoms with Gasteiger partial charge < -0.3 is 19.3 Å². The van der Waals surface area contributed by atoms with E-state index in [1.54, 1.807) is 0 Å². The van der Waals surface area contributed by atoms with E-state index >= 15 is 0 Å². The molecule has 1 fully saturated rings. The van der Waals surface area contributed by atoms with Gasteiger partial charge in [0.15, 0.2) is 0 Å². The summed E-state index contributed by atoms with van der Waals surface area (Å²) >= 11 is 0. The van der Waals surface area contributed by atoms with Gasteiger partial charge in [-0.2, -0.15) is 0 Å². The fourth-order valence-electron chi connectivity index (χ4n) is 6.36. The minimum atomic E-state index is -0.993. The minimum Gasteiger partial charge on any atom is -0.463 e. The van der Waals surface area contributed by atoms with Crippen LogP contribution in [-0.2, 0) is 23.8 Å². The van der Waals surface area contributed by atoms with Crippen LogP contribution in [0.2, 0.25) is 0 Å². The van der Waals surface area contributed by atoms with Crippen molar-refractivity contribution < 1.29 is 28.9 Å². The molecule has 0 aliphatic carbocycles. The predicted octanol–water partition coefficient (Wildman–Crippen LogP) is 12.5. The SMILES string of the molecule is CCCCC/C=C\C/C=C\C/C=C\CC1OC1CCCC(=O)OC[C@H](O)COC(=O)CCCCCCCCCCCCCCCCCCC(C)C. The summed E-state index contributed by atoms with van der Waals surface area (Å²) in [7, 11) is 0. The maximum Gasteiger partial charge on any atom is 0.305 e. The van der Waals surface area contributed by atoms with Crippen molar-refractivity contribution in [2.24, 2.45) is 5.92 Å². The maximum absolute atomic E-state index is 12.1. The molecule has 0 aromatic carbocycles. The van der Waals surface area contributed by atoms with Crippen molar-refractivity contribution in [2.45, 2.75) is 219 Å². The number of rotatable bonds is 37. The van der Waals surface area contributed by atoms with Gasteiger partial charge >= 0.3 is 11.9 Å². The van der Waals surface area contributed by atoms with E-state index in [9.17, 15) is 14.7 Å². The topological polar surface area (TPSA) is 85.4 Å². The molecular formula is C45H80O6. The normalized spacial score (nSPS) is 16.6. The van der Waals surface area contributed by atoms with Gasteiger partial charge in [0.25, 0.3) is 0 Å². The largest absolute Gasteiger partial charge is 0.463 e. The number of aliphatic hydroxyl groups is 1. The highest BCUT2D eigenvalue weighted by atomic mass is 16.6. The number of hydrogen-bond donors (Lipinski definition) is 1. The molecule has 1 aliphatic rings. The Hall–Kier alpha value is -1.92. The van der Waals surface area contributed by atoms with E-state index in [4.69, 9.17) is 14.2 Å². The van der Waals surface area contributed by atoms with Gasteiger partial charge in [0.2, 0.25) is 0 Å². The van der Waals surface area contributed by atoms with Gasteiger partial charge in [-0.05, 0) is 57.3 Å². The van der Waals surface area contributed by atoms with Gasteiger partial charge in [-0.3, -0.25) is 9.59 Å². The number of carbonyl (C=O) groups excluding carboxylic acids is 2. The Labute approximate surface area is 314 Å². The first-order chi connectivity index (χ1) is 24.9. The molecule has 1 saturated heterocycles. The Morgan fingerprint density at radius 3 is 1.59 bits per heavy atom. The Bertz CT molecular complexity index is 893. The maximum atomic E-state index is 12.1. The van der Waals surface area contributed by atoms with E-state index in [0.29, 0.717) is 19.3 Å². The van der Waals surface area contributed by atoms with Crippen LogP contribution in [0.5, 0.6) is 0 Å². The zero-order valence-corrected chi connectivity index (χ0v) is 33.5. The van der Waals surface area contributed by atoms with Crippen molar-refractivity contribution >= 4 is 11.9 Å². The Kier molecular flexibility index (Phi) is 32.4. The highest BCUT2D eigenvalue weighted by Gasteiger charge is 2.36. The highest BCUT2D eigenvalue weighted by molar-refractivity contribution is 5.69. The number of allylic oxidation sites excluding steroid dienone is 5. The molecule has 296 valence electrons. The molecule has 51 heavy (non-hydrogen) atoms. The summed E-state index contributed by atoms with van der Waals surface area (Å²) in [6, 6.07) is 0. The van der Waals surface area contributed by atoms with Crippen LogP contribution in [0.25, 0.3) is 0 Å². The van der Waals surface area contributed by atoms with Crippen LogP contribution in [0.4, 0.5) is 0 Å². The number of ether oxygens (including phenoxy) is 3. The molecule has 1 aliphatic heterocycles. The lowest BCUT2D eigenvalue weighted by molar-refractivity contribution is -0.152. The molecule has 0 saturated carbocycles. The van der Waals surface area contributed by atoms with Gasteiger partial charge in [0.05, 0.1) is 12.2 Å². The summed E-state index contributed by atoms with van der Waals surface area (Å²) in [6.45, 7) is 6.58. The third-order valence-corrected chi connectivity index (χ3v) is 9.73. The van der Waals surface area contributed by atoms with Crippen molar-refractivity contribution in [3.8, 4) is 0 Å². The molecule has 0 aromatic heterocycles. The Balaban J connectivity index is 1.84. The number of epoxide rings is 1. The third kappa shape index (κ3) is 33.7. The lowest BCUT2D eigenvalue weighted by atomic mass is 10.0. The molecule has 0 radical (unpaired) electrons. The number of hydrogen-bond acceptors (Lipinski definition) is 6. The third-order valence-electron chi connectivity index (χ3n) is 9.73. The van der Waals surface area contributed by atoms with Crippen LogP contribution >= 0.6 is 0 Å². The van der Waals surface area contributed by atoms with Crippen LogP contribution in [0.3, 0.4) is 0 Å². The number of carbonyl (C=O) groups is 2. The molecule has 3 atom stereocenters. The van der Waals surface area contributed by atoms with Gasteiger partial charge in [-0.25, -0.2) is 0 Å². The lowest BCUT2D eigenvalue weighted by Gasteiger charge is -2.12. The molecule has 0 amide bonds. The molecule has 1 N–H and O–H groups in total. The smallest absolute Gasteiger partial charge is 0.305 e. The molecule has 6 nitrogen and oxygen atoms in total. The van der Waals surface area contributed by atoms with Gasteiger partial charge in [-0.15, -0.1) is 0 Å². The molecule has 0 aromatic rings. The number of esters is 2. The van der Waals surface area contributed by atoms with Crippen molar-refractivity contribution in [3.63, 3.8) is 0 Å². The number of unbranched alkanes of at least 4 members (excludes halogenated alkanes) is 18. The molecule has 2 unspecified atom stereocenters. The summed E-state index contributed by atoms with van der Waals surface area (Å²) in [5.74, 6) is 0.222. The summed E-state index contributed by atoms with van der Waals surface area (Å²) in [5, 5.41) is 10.1. The van der Waals surface area contributed by atoms with Crippen molar-refractivity contribution in [3.05, 3.63) is 36.5 Å². The zero-order valence-electron chi connectivity index (χ0n) is 33.5. The predicted molar refractivity (Wildman–Crippen MR) is 214 cm³/mol. The first-order valence-electron chi connectivity index (χ1n) is 21.5. The molecular weight excluding hydrogens is 636 g/mol. The van der Waals surface area contributed by atoms with Crippen molar-refractivity contribution in [1.29, 1.82) is 0 Å². The van der Waals surface area contributed by atoms with Crippen molar-refractivity contribution in [1.82, 2.24) is 0 Å². The second-order valence-corrected chi connectivity index (χ2v) is 15.3. The molecule has 0 spiro atoms. The first kappa shape index (κ1) is 47.1. The Morgan fingerprint density at radius 1 is 0.588 bits per heavy atom.